The van der Waals surface area contributed by atoms with E-state index in [-0.39, 0.29) is 5.91 Å². The van der Waals surface area contributed by atoms with Crippen LogP contribution in [0.15, 0.2) is 66.2 Å². The van der Waals surface area contributed by atoms with Crippen LogP contribution in [0.3, 0.4) is 0 Å². The van der Waals surface area contributed by atoms with Gasteiger partial charge in [0.25, 0.3) is 5.91 Å². The van der Waals surface area contributed by atoms with E-state index in [0.29, 0.717) is 29.8 Å². The van der Waals surface area contributed by atoms with E-state index >= 15 is 0 Å². The number of carbonyl (C=O) groups is 1. The number of pyridine rings is 1. The Bertz CT molecular complexity index is 1350. The van der Waals surface area contributed by atoms with Crippen LogP contribution in [0, 0.1) is 0 Å². The average Bonchev–Trinajstić information content (AvgIpc) is 2.91. The Morgan fingerprint density at radius 2 is 1.76 bits per heavy atom. The molecule has 0 radical (unpaired) electrons. The SMILES string of the molecule is Nc1cccc(CCN2CCc3cc(NC(=O)C4=C(c5ccc(C(F)(F)F)cc5)CCCC4)ccc3C2)n1. The largest absolute Gasteiger partial charge is 0.416 e. The third-order valence-corrected chi connectivity index (χ3v) is 7.37. The van der Waals surface area contributed by atoms with Crippen LogP contribution in [0.5, 0.6) is 0 Å². The molecule has 0 unspecified atom stereocenters. The van der Waals surface area contributed by atoms with Gasteiger partial charge in [-0.2, -0.15) is 13.2 Å². The molecule has 1 aliphatic heterocycles. The van der Waals surface area contributed by atoms with E-state index < -0.39 is 11.7 Å². The molecule has 38 heavy (non-hydrogen) atoms. The minimum absolute atomic E-state index is 0.174. The van der Waals surface area contributed by atoms with Gasteiger partial charge in [-0.05, 0) is 90.8 Å². The van der Waals surface area contributed by atoms with E-state index in [4.69, 9.17) is 5.73 Å². The highest BCUT2D eigenvalue weighted by Gasteiger charge is 2.30. The summed E-state index contributed by atoms with van der Waals surface area (Å²) < 4.78 is 39.0. The molecule has 5 rings (SSSR count). The molecule has 8 heteroatoms. The van der Waals surface area contributed by atoms with Crippen molar-refractivity contribution in [3.63, 3.8) is 0 Å². The topological polar surface area (TPSA) is 71.2 Å². The number of aromatic nitrogens is 1. The zero-order valence-corrected chi connectivity index (χ0v) is 21.2. The number of hydrogen-bond donors (Lipinski definition) is 2. The minimum Gasteiger partial charge on any atom is -0.384 e. The number of hydrogen-bond acceptors (Lipinski definition) is 4. The second-order valence-corrected chi connectivity index (χ2v) is 10.0. The molecule has 3 N–H and O–H groups in total. The summed E-state index contributed by atoms with van der Waals surface area (Å²) in [6.45, 7) is 2.67. The zero-order chi connectivity index (χ0) is 26.7. The number of nitrogens with one attached hydrogen (secondary N) is 1. The molecule has 5 nitrogen and oxygen atoms in total. The van der Waals surface area contributed by atoms with Crippen LogP contribution in [0.1, 0.15) is 53.6 Å². The zero-order valence-electron chi connectivity index (χ0n) is 21.2. The molecule has 198 valence electrons. The number of rotatable bonds is 6. The standard InChI is InChI=1S/C30H31F3N4O/c31-30(32,33)23-11-8-20(9-12-23)26-5-1-2-6-27(26)29(38)36-25-13-10-22-19-37(16-14-21(22)18-25)17-15-24-4-3-7-28(34)35-24/h3-4,7-13,18H,1-2,5-6,14-17,19H2,(H2,34,35)(H,36,38). The Morgan fingerprint density at radius 1 is 0.974 bits per heavy atom. The van der Waals surface area contributed by atoms with E-state index in [1.54, 1.807) is 6.07 Å². The highest BCUT2D eigenvalue weighted by molar-refractivity contribution is 6.09. The van der Waals surface area contributed by atoms with Gasteiger partial charge < -0.3 is 11.1 Å². The van der Waals surface area contributed by atoms with Gasteiger partial charge in [-0.25, -0.2) is 4.98 Å². The fourth-order valence-corrected chi connectivity index (χ4v) is 5.33. The Balaban J connectivity index is 1.25. The van der Waals surface area contributed by atoms with Crippen molar-refractivity contribution in [3.05, 3.63) is 94.2 Å². The van der Waals surface area contributed by atoms with Gasteiger partial charge in [0.2, 0.25) is 0 Å². The number of alkyl halides is 3. The lowest BCUT2D eigenvalue weighted by molar-refractivity contribution is -0.137. The predicted octanol–water partition coefficient (Wildman–Crippen LogP) is 6.25. The lowest BCUT2D eigenvalue weighted by Gasteiger charge is -2.29. The van der Waals surface area contributed by atoms with Crippen LogP contribution < -0.4 is 11.1 Å². The van der Waals surface area contributed by atoms with Crippen molar-refractivity contribution in [2.24, 2.45) is 0 Å². The van der Waals surface area contributed by atoms with Crippen LogP contribution in [0.2, 0.25) is 0 Å². The number of nitrogen functional groups attached to an aromatic ring is 1. The second-order valence-electron chi connectivity index (χ2n) is 10.0. The number of halogens is 3. The number of nitrogens with two attached hydrogens (primary N) is 1. The number of benzene rings is 2. The Hall–Kier alpha value is -3.65. The van der Waals surface area contributed by atoms with Gasteiger partial charge in [0.1, 0.15) is 5.82 Å². The minimum atomic E-state index is -4.38. The van der Waals surface area contributed by atoms with Crippen LogP contribution in [-0.4, -0.2) is 28.9 Å². The molecule has 0 atom stereocenters. The first kappa shape index (κ1) is 26.0. The van der Waals surface area contributed by atoms with Crippen molar-refractivity contribution in [1.29, 1.82) is 0 Å². The van der Waals surface area contributed by atoms with Gasteiger partial charge in [0, 0.05) is 43.0 Å². The number of nitrogens with zero attached hydrogens (tertiary/aromatic N) is 2. The maximum absolute atomic E-state index is 13.3. The summed E-state index contributed by atoms with van der Waals surface area (Å²) in [5, 5.41) is 3.05. The second kappa shape index (κ2) is 11.0. The summed E-state index contributed by atoms with van der Waals surface area (Å²) in [5.41, 5.74) is 11.5. The van der Waals surface area contributed by atoms with Gasteiger partial charge in [-0.1, -0.05) is 24.3 Å². The summed E-state index contributed by atoms with van der Waals surface area (Å²) in [7, 11) is 0. The van der Waals surface area contributed by atoms with Gasteiger partial charge in [-0.3, -0.25) is 9.69 Å². The van der Waals surface area contributed by atoms with Crippen LogP contribution in [-0.2, 0) is 30.4 Å². The molecule has 2 aromatic carbocycles. The molecule has 0 saturated heterocycles. The smallest absolute Gasteiger partial charge is 0.384 e. The third-order valence-electron chi connectivity index (χ3n) is 7.37. The summed E-state index contributed by atoms with van der Waals surface area (Å²) in [5.74, 6) is 0.364. The van der Waals surface area contributed by atoms with E-state index in [2.05, 4.69) is 21.3 Å². The van der Waals surface area contributed by atoms with Crippen LogP contribution in [0.25, 0.3) is 5.57 Å². The van der Waals surface area contributed by atoms with Crippen LogP contribution in [0.4, 0.5) is 24.7 Å². The van der Waals surface area contributed by atoms with Crippen molar-refractivity contribution in [1.82, 2.24) is 9.88 Å². The summed E-state index contributed by atoms with van der Waals surface area (Å²) >= 11 is 0. The first-order valence-electron chi connectivity index (χ1n) is 13.0. The maximum atomic E-state index is 13.3. The Labute approximate surface area is 220 Å². The van der Waals surface area contributed by atoms with Gasteiger partial charge in [0.05, 0.1) is 5.56 Å². The normalized spacial score (nSPS) is 16.3. The third kappa shape index (κ3) is 6.07. The molecule has 0 fully saturated rings. The van der Waals surface area contributed by atoms with E-state index in [0.717, 1.165) is 74.4 Å². The van der Waals surface area contributed by atoms with Gasteiger partial charge >= 0.3 is 6.18 Å². The molecule has 1 aromatic heterocycles. The van der Waals surface area contributed by atoms with E-state index in [1.165, 1.54) is 23.3 Å². The highest BCUT2D eigenvalue weighted by atomic mass is 19.4. The van der Waals surface area contributed by atoms with Crippen molar-refractivity contribution in [2.45, 2.75) is 51.2 Å². The van der Waals surface area contributed by atoms with E-state index in [9.17, 15) is 18.0 Å². The molecule has 3 aromatic rings. The van der Waals surface area contributed by atoms with Crippen molar-refractivity contribution in [3.8, 4) is 0 Å². The van der Waals surface area contributed by atoms with Crippen LogP contribution >= 0.6 is 0 Å². The molecule has 0 spiro atoms. The fraction of sp³-hybridized carbons (Fsp3) is 0.333. The fourth-order valence-electron chi connectivity index (χ4n) is 5.33. The Morgan fingerprint density at radius 3 is 2.53 bits per heavy atom. The molecule has 2 aliphatic rings. The quantitative estimate of drug-likeness (QED) is 0.403. The number of fused-ring (bicyclic) bond motifs is 1. The molecule has 1 aliphatic carbocycles. The monoisotopic (exact) mass is 520 g/mol. The average molecular weight is 521 g/mol. The van der Waals surface area contributed by atoms with Gasteiger partial charge in [-0.15, -0.1) is 0 Å². The van der Waals surface area contributed by atoms with Gasteiger partial charge in [0.15, 0.2) is 0 Å². The maximum Gasteiger partial charge on any atom is 0.416 e. The number of anilines is 2. The first-order chi connectivity index (χ1) is 18.3. The molecule has 1 amide bonds. The number of amides is 1. The number of carbonyl (C=O) groups excluding carboxylic acids is 1. The molecular weight excluding hydrogens is 489 g/mol. The molecule has 0 bridgehead atoms. The summed E-state index contributed by atoms with van der Waals surface area (Å²) in [6, 6.07) is 16.9. The lowest BCUT2D eigenvalue weighted by Crippen LogP contribution is -2.32. The summed E-state index contributed by atoms with van der Waals surface area (Å²) in [6.07, 6.45) is 0.446. The molecule has 2 heterocycles. The predicted molar refractivity (Wildman–Crippen MR) is 143 cm³/mol. The molecule has 0 saturated carbocycles. The van der Waals surface area contributed by atoms with Crippen molar-refractivity contribution < 1.29 is 18.0 Å². The lowest BCUT2D eigenvalue weighted by atomic mass is 9.86. The Kier molecular flexibility index (Phi) is 7.51. The van der Waals surface area contributed by atoms with Crippen molar-refractivity contribution >= 4 is 23.0 Å². The molecular formula is C30H31F3N4O. The number of allylic oxidation sites excluding steroid dienone is 1. The van der Waals surface area contributed by atoms with E-state index in [1.807, 2.05) is 24.3 Å². The van der Waals surface area contributed by atoms with Crippen molar-refractivity contribution in [2.75, 3.05) is 24.1 Å². The highest BCUT2D eigenvalue weighted by Crippen LogP contribution is 2.35. The first-order valence-corrected chi connectivity index (χ1v) is 13.0. The summed E-state index contributed by atoms with van der Waals surface area (Å²) in [4.78, 5) is 20.0.